The van der Waals surface area contributed by atoms with Crippen LogP contribution in [0.2, 0.25) is 22.3 Å². The summed E-state index contributed by atoms with van der Waals surface area (Å²) < 4.78 is 0. The molecule has 122 valence electrons. The molecule has 22 heavy (non-hydrogen) atoms. The van der Waals surface area contributed by atoms with Gasteiger partial charge >= 0.3 is 0 Å². The van der Waals surface area contributed by atoms with E-state index in [4.69, 9.17) is 0 Å². The molecule has 0 N–H and O–H groups in total. The maximum absolute atomic E-state index is 1.61. The largest absolute Gasteiger partial charge is 0.131 e. The molecule has 0 aliphatic carbocycles. The van der Waals surface area contributed by atoms with Crippen molar-refractivity contribution in [3.05, 3.63) is 0 Å². The molecule has 2 heteroatoms. The molecule has 4 aliphatic rings. The molecule has 0 unspecified atom stereocenters. The number of fused-ring (bicyclic) bond motifs is 4. The van der Waals surface area contributed by atoms with Crippen molar-refractivity contribution >= 4 is 14.6 Å². The zero-order chi connectivity index (χ0) is 14.9. The van der Waals surface area contributed by atoms with Crippen LogP contribution < -0.4 is 0 Å². The molecular formula is C20H36B2. The zero-order valence-corrected chi connectivity index (χ0v) is 14.9. The van der Waals surface area contributed by atoms with Crippen molar-refractivity contribution in [2.75, 3.05) is 0 Å². The normalized spacial score (nSPS) is 44.0. The third kappa shape index (κ3) is 3.32. The predicted molar refractivity (Wildman–Crippen MR) is 101 cm³/mol. The molecule has 0 nitrogen and oxygen atoms in total. The van der Waals surface area contributed by atoms with Crippen LogP contribution in [0.5, 0.6) is 0 Å². The van der Waals surface area contributed by atoms with Crippen molar-refractivity contribution in [2.45, 2.75) is 125 Å². The lowest BCUT2D eigenvalue weighted by Crippen LogP contribution is -2.33. The number of rotatable bonds is 5. The third-order valence-corrected chi connectivity index (χ3v) is 8.39. The highest BCUT2D eigenvalue weighted by molar-refractivity contribution is 6.43. The van der Waals surface area contributed by atoms with Crippen LogP contribution in [0.3, 0.4) is 0 Å². The maximum Gasteiger partial charge on any atom is 0.131 e. The van der Waals surface area contributed by atoms with Gasteiger partial charge < -0.3 is 0 Å². The second kappa shape index (κ2) is 6.56. The van der Waals surface area contributed by atoms with E-state index in [-0.39, 0.29) is 0 Å². The lowest BCUT2D eigenvalue weighted by molar-refractivity contribution is 0.301. The summed E-state index contributed by atoms with van der Waals surface area (Å²) in [7, 11) is 3.22. The molecular weight excluding hydrogens is 262 g/mol. The van der Waals surface area contributed by atoms with Gasteiger partial charge in [-0.1, -0.05) is 125 Å². The Labute approximate surface area is 140 Å². The molecule has 4 heterocycles. The smallest absolute Gasteiger partial charge is 0.0651 e. The Bertz CT molecular complexity index is 322. The van der Waals surface area contributed by atoms with Gasteiger partial charge in [-0.25, -0.2) is 0 Å². The van der Waals surface area contributed by atoms with Crippen LogP contribution in [-0.4, -0.2) is 14.6 Å². The van der Waals surface area contributed by atoms with Crippen LogP contribution in [0.15, 0.2) is 0 Å². The van der Waals surface area contributed by atoms with E-state index in [1.165, 1.54) is 0 Å². The van der Waals surface area contributed by atoms with E-state index in [1.54, 1.807) is 117 Å². The molecule has 4 fully saturated rings. The summed E-state index contributed by atoms with van der Waals surface area (Å²) in [6.07, 6.45) is 25.1. The molecule has 4 saturated heterocycles. The summed E-state index contributed by atoms with van der Waals surface area (Å²) in [5, 5.41) is 1.64. The minimum absolute atomic E-state index is 0.820. The second-order valence-electron chi connectivity index (χ2n) is 9.92. The van der Waals surface area contributed by atoms with Crippen molar-refractivity contribution in [2.24, 2.45) is 0 Å². The van der Waals surface area contributed by atoms with Gasteiger partial charge in [0.25, 0.3) is 0 Å². The highest BCUT2D eigenvalue weighted by atomic mass is 14.4. The molecule has 0 aromatic rings. The maximum atomic E-state index is 1.61. The summed E-state index contributed by atoms with van der Waals surface area (Å²) in [6.45, 7) is 0. The molecule has 4 bridgehead atoms. The average Bonchev–Trinajstić information content (AvgIpc) is 2.52. The first-order valence-corrected chi connectivity index (χ1v) is 10.8. The number of unbranched alkanes of at least 4 members (excludes halogenated alkanes) is 1. The fourth-order valence-corrected chi connectivity index (χ4v) is 7.35. The van der Waals surface area contributed by atoms with Gasteiger partial charge in [0.2, 0.25) is 0 Å². The first kappa shape index (κ1) is 15.6. The van der Waals surface area contributed by atoms with Gasteiger partial charge in [0.15, 0.2) is 0 Å². The first-order chi connectivity index (χ1) is 10.8. The minimum atomic E-state index is 0.820. The SMILES string of the molecule is B1C2CCCC1(CCCCC13BC(CCC1)CCC3)CCC2. The minimum Gasteiger partial charge on any atom is -0.0651 e. The Hall–Kier alpha value is 0.130. The van der Waals surface area contributed by atoms with E-state index in [0.717, 1.165) is 22.3 Å². The van der Waals surface area contributed by atoms with E-state index in [9.17, 15) is 0 Å². The zero-order valence-electron chi connectivity index (χ0n) is 14.9. The van der Waals surface area contributed by atoms with Gasteiger partial charge in [-0.3, -0.25) is 0 Å². The summed E-state index contributed by atoms with van der Waals surface area (Å²) in [5.74, 6) is 2.25. The fourth-order valence-electron chi connectivity index (χ4n) is 7.35. The molecule has 0 aromatic heterocycles. The van der Waals surface area contributed by atoms with Crippen molar-refractivity contribution in [3.63, 3.8) is 0 Å². The van der Waals surface area contributed by atoms with E-state index in [1.807, 2.05) is 0 Å². The van der Waals surface area contributed by atoms with Crippen LogP contribution in [0, 0.1) is 0 Å². The predicted octanol–water partition coefficient (Wildman–Crippen LogP) is 6.05. The lowest BCUT2D eigenvalue weighted by atomic mass is 9.34. The van der Waals surface area contributed by atoms with Gasteiger partial charge in [-0.2, -0.15) is 0 Å². The topological polar surface area (TPSA) is 0 Å². The van der Waals surface area contributed by atoms with E-state index in [0.29, 0.717) is 0 Å². The van der Waals surface area contributed by atoms with Gasteiger partial charge in [0, 0.05) is 0 Å². The fraction of sp³-hybridized carbons (Fsp3) is 1.00. The standard InChI is InChI=1S/C20H36B2/c1(11-19-13-3-7-17(21-19)8-4-14-19)2-12-20-15-5-9-18(22-20)10-6-16-20/h17-18,21-22H,1-16H2. The van der Waals surface area contributed by atoms with Crippen LogP contribution >= 0.6 is 0 Å². The molecule has 0 radical (unpaired) electrons. The van der Waals surface area contributed by atoms with E-state index < -0.39 is 0 Å². The molecule has 0 saturated carbocycles. The highest BCUT2D eigenvalue weighted by Crippen LogP contribution is 2.56. The molecule has 0 spiro atoms. The second-order valence-corrected chi connectivity index (χ2v) is 9.92. The van der Waals surface area contributed by atoms with E-state index >= 15 is 0 Å². The Morgan fingerprint density at radius 2 is 0.955 bits per heavy atom. The van der Waals surface area contributed by atoms with E-state index in [2.05, 4.69) is 0 Å². The summed E-state index contributed by atoms with van der Waals surface area (Å²) in [5.41, 5.74) is 0. The third-order valence-electron chi connectivity index (χ3n) is 8.39. The molecule has 0 atom stereocenters. The monoisotopic (exact) mass is 298 g/mol. The van der Waals surface area contributed by atoms with Crippen molar-refractivity contribution in [3.8, 4) is 0 Å². The van der Waals surface area contributed by atoms with Gasteiger partial charge in [-0.05, 0) is 0 Å². The van der Waals surface area contributed by atoms with Crippen molar-refractivity contribution in [1.29, 1.82) is 0 Å². The molecule has 0 aromatic carbocycles. The van der Waals surface area contributed by atoms with Crippen molar-refractivity contribution < 1.29 is 0 Å². The molecule has 4 aliphatic heterocycles. The summed E-state index contributed by atoms with van der Waals surface area (Å²) in [6, 6.07) is 0. The quantitative estimate of drug-likeness (QED) is 0.428. The van der Waals surface area contributed by atoms with Crippen LogP contribution in [0.25, 0.3) is 0 Å². The van der Waals surface area contributed by atoms with Crippen LogP contribution in [-0.2, 0) is 0 Å². The van der Waals surface area contributed by atoms with Crippen LogP contribution in [0.4, 0.5) is 0 Å². The lowest BCUT2D eigenvalue weighted by Gasteiger charge is -2.46. The van der Waals surface area contributed by atoms with Crippen LogP contribution in [0.1, 0.15) is 103 Å². The van der Waals surface area contributed by atoms with Crippen molar-refractivity contribution in [1.82, 2.24) is 0 Å². The number of hydrogen-bond donors (Lipinski definition) is 0. The van der Waals surface area contributed by atoms with Gasteiger partial charge in [0.05, 0.1) is 0 Å². The van der Waals surface area contributed by atoms with Gasteiger partial charge in [0.1, 0.15) is 14.6 Å². The summed E-state index contributed by atoms with van der Waals surface area (Å²) in [4.78, 5) is 0. The Morgan fingerprint density at radius 1 is 0.591 bits per heavy atom. The molecule has 0 amide bonds. The summed E-state index contributed by atoms with van der Waals surface area (Å²) >= 11 is 0. The average molecular weight is 298 g/mol. The highest BCUT2D eigenvalue weighted by Gasteiger charge is 2.41. The molecule has 4 rings (SSSR count). The van der Waals surface area contributed by atoms with Gasteiger partial charge in [-0.15, -0.1) is 0 Å². The first-order valence-electron chi connectivity index (χ1n) is 10.8. The Balaban J connectivity index is 1.25. The Kier molecular flexibility index (Phi) is 4.66. The Morgan fingerprint density at radius 3 is 1.32 bits per heavy atom. The number of hydrogen-bond acceptors (Lipinski definition) is 0.